The van der Waals surface area contributed by atoms with E-state index in [4.69, 9.17) is 0 Å². The van der Waals surface area contributed by atoms with Gasteiger partial charge >= 0.3 is 6.18 Å². The van der Waals surface area contributed by atoms with Gasteiger partial charge in [0, 0.05) is 6.20 Å². The van der Waals surface area contributed by atoms with Crippen LogP contribution in [0.2, 0.25) is 0 Å². The lowest BCUT2D eigenvalue weighted by Gasteiger charge is -2.04. The van der Waals surface area contributed by atoms with Gasteiger partial charge in [-0.15, -0.1) is 0 Å². The first-order valence-corrected chi connectivity index (χ1v) is 4.02. The van der Waals surface area contributed by atoms with Crippen molar-refractivity contribution in [1.82, 2.24) is 9.78 Å². The molecule has 0 bridgehead atoms. The Labute approximate surface area is 74.4 Å². The summed E-state index contributed by atoms with van der Waals surface area (Å²) in [6.07, 6.45) is -2.10. The number of hydrogen-bond donors (Lipinski definition) is 0. The van der Waals surface area contributed by atoms with Crippen LogP contribution in [0.4, 0.5) is 13.2 Å². The largest absolute Gasteiger partial charge is 0.408 e. The summed E-state index contributed by atoms with van der Waals surface area (Å²) in [7, 11) is 0. The average molecular weight is 192 g/mol. The van der Waals surface area contributed by atoms with E-state index in [1.54, 1.807) is 6.92 Å². The molecule has 5 heteroatoms. The van der Waals surface area contributed by atoms with Crippen molar-refractivity contribution < 1.29 is 13.2 Å². The van der Waals surface area contributed by atoms with Gasteiger partial charge in [-0.05, 0) is 18.9 Å². The second-order valence-electron chi connectivity index (χ2n) is 2.93. The Kier molecular flexibility index (Phi) is 2.63. The van der Waals surface area contributed by atoms with Gasteiger partial charge in [0.05, 0.1) is 5.69 Å². The van der Waals surface area contributed by atoms with E-state index in [1.165, 1.54) is 6.20 Å². The van der Waals surface area contributed by atoms with Crippen LogP contribution in [0.5, 0.6) is 0 Å². The molecule has 0 aliphatic heterocycles. The summed E-state index contributed by atoms with van der Waals surface area (Å²) in [6.45, 7) is 2.62. The molecule has 0 aliphatic rings. The molecule has 0 spiro atoms. The summed E-state index contributed by atoms with van der Waals surface area (Å²) in [4.78, 5) is 0. The van der Waals surface area contributed by atoms with Crippen LogP contribution < -0.4 is 0 Å². The van der Waals surface area contributed by atoms with E-state index in [2.05, 4.69) is 5.10 Å². The second-order valence-corrected chi connectivity index (χ2v) is 2.93. The predicted octanol–water partition coefficient (Wildman–Crippen LogP) is 2.32. The minimum atomic E-state index is -4.19. The normalized spacial score (nSPS) is 12.1. The first-order valence-electron chi connectivity index (χ1n) is 4.02. The zero-order chi connectivity index (χ0) is 10.1. The highest BCUT2D eigenvalue weighted by atomic mass is 19.4. The molecular formula is C8H11F3N2. The van der Waals surface area contributed by atoms with Crippen molar-refractivity contribution >= 4 is 0 Å². The Hall–Kier alpha value is -1.00. The van der Waals surface area contributed by atoms with E-state index < -0.39 is 12.7 Å². The number of nitrogens with zero attached hydrogens (tertiary/aromatic N) is 2. The highest BCUT2D eigenvalue weighted by Crippen LogP contribution is 2.18. The third kappa shape index (κ3) is 2.75. The van der Waals surface area contributed by atoms with E-state index in [0.29, 0.717) is 6.42 Å². The standard InChI is InChI=1S/C8H11F3N2/c1-3-7-6(2)4-13(12-7)5-8(9,10)11/h4H,3,5H2,1-2H3. The Bertz CT molecular complexity index is 288. The van der Waals surface area contributed by atoms with Crippen molar-refractivity contribution in [2.24, 2.45) is 0 Å². The summed E-state index contributed by atoms with van der Waals surface area (Å²) < 4.78 is 36.7. The molecule has 0 unspecified atom stereocenters. The zero-order valence-electron chi connectivity index (χ0n) is 7.52. The van der Waals surface area contributed by atoms with Crippen LogP contribution >= 0.6 is 0 Å². The van der Waals surface area contributed by atoms with Crippen LogP contribution in [0, 0.1) is 6.92 Å². The molecule has 1 rings (SSSR count). The van der Waals surface area contributed by atoms with E-state index >= 15 is 0 Å². The summed E-state index contributed by atoms with van der Waals surface area (Å²) in [5, 5.41) is 3.81. The van der Waals surface area contributed by atoms with E-state index in [1.807, 2.05) is 6.92 Å². The van der Waals surface area contributed by atoms with Gasteiger partial charge in [0.15, 0.2) is 0 Å². The molecule has 0 aromatic carbocycles. The Morgan fingerprint density at radius 2 is 2.08 bits per heavy atom. The van der Waals surface area contributed by atoms with Gasteiger partial charge in [-0.2, -0.15) is 18.3 Å². The molecule has 0 radical (unpaired) electrons. The lowest BCUT2D eigenvalue weighted by atomic mass is 10.2. The topological polar surface area (TPSA) is 17.8 Å². The maximum Gasteiger partial charge on any atom is 0.408 e. The van der Waals surface area contributed by atoms with E-state index in [-0.39, 0.29) is 0 Å². The number of hydrogen-bond acceptors (Lipinski definition) is 1. The molecule has 0 aliphatic carbocycles. The summed E-state index contributed by atoms with van der Waals surface area (Å²) in [5.74, 6) is 0. The van der Waals surface area contributed by atoms with E-state index in [9.17, 15) is 13.2 Å². The van der Waals surface area contributed by atoms with Gasteiger partial charge in [0.2, 0.25) is 0 Å². The maximum atomic E-state index is 11.9. The smallest absolute Gasteiger partial charge is 0.263 e. The number of halogens is 3. The highest BCUT2D eigenvalue weighted by Gasteiger charge is 2.28. The predicted molar refractivity (Wildman–Crippen MR) is 42.4 cm³/mol. The van der Waals surface area contributed by atoms with Crippen molar-refractivity contribution in [3.05, 3.63) is 17.5 Å². The number of aromatic nitrogens is 2. The van der Waals surface area contributed by atoms with Crippen molar-refractivity contribution in [2.45, 2.75) is 33.0 Å². The minimum Gasteiger partial charge on any atom is -0.263 e. The molecule has 1 heterocycles. The van der Waals surface area contributed by atoms with Crippen LogP contribution in [0.1, 0.15) is 18.2 Å². The van der Waals surface area contributed by atoms with Crippen LogP contribution in [0.15, 0.2) is 6.20 Å². The third-order valence-corrected chi connectivity index (χ3v) is 1.72. The van der Waals surface area contributed by atoms with Crippen LogP contribution in [-0.4, -0.2) is 16.0 Å². The Morgan fingerprint density at radius 1 is 1.46 bits per heavy atom. The molecule has 0 saturated heterocycles. The maximum absolute atomic E-state index is 11.9. The summed E-state index contributed by atoms with van der Waals surface area (Å²) in [6, 6.07) is 0. The molecule has 0 saturated carbocycles. The van der Waals surface area contributed by atoms with Crippen molar-refractivity contribution in [3.63, 3.8) is 0 Å². The zero-order valence-corrected chi connectivity index (χ0v) is 7.52. The highest BCUT2D eigenvalue weighted by molar-refractivity contribution is 5.14. The lowest BCUT2D eigenvalue weighted by Crippen LogP contribution is -2.18. The minimum absolute atomic E-state index is 0.663. The molecule has 0 amide bonds. The molecule has 0 N–H and O–H groups in total. The molecule has 1 aromatic heterocycles. The lowest BCUT2D eigenvalue weighted by molar-refractivity contribution is -0.142. The molecule has 2 nitrogen and oxygen atoms in total. The average Bonchev–Trinajstić information content (AvgIpc) is 2.26. The Morgan fingerprint density at radius 3 is 2.46 bits per heavy atom. The Balaban J connectivity index is 2.80. The van der Waals surface area contributed by atoms with Gasteiger partial charge in [-0.25, -0.2) is 0 Å². The molecule has 13 heavy (non-hydrogen) atoms. The first kappa shape index (κ1) is 10.1. The first-order chi connectivity index (χ1) is 5.92. The molecule has 0 atom stereocenters. The van der Waals surface area contributed by atoms with Crippen molar-refractivity contribution in [2.75, 3.05) is 0 Å². The van der Waals surface area contributed by atoms with Crippen LogP contribution in [-0.2, 0) is 13.0 Å². The monoisotopic (exact) mass is 192 g/mol. The summed E-state index contributed by atoms with van der Waals surface area (Å²) >= 11 is 0. The third-order valence-electron chi connectivity index (χ3n) is 1.72. The van der Waals surface area contributed by atoms with Crippen molar-refractivity contribution in [3.8, 4) is 0 Å². The van der Waals surface area contributed by atoms with Crippen LogP contribution in [0.25, 0.3) is 0 Å². The molecule has 0 fully saturated rings. The molecule has 1 aromatic rings. The number of alkyl halides is 3. The number of aryl methyl sites for hydroxylation is 2. The fourth-order valence-electron chi connectivity index (χ4n) is 1.18. The fourth-order valence-corrected chi connectivity index (χ4v) is 1.18. The van der Waals surface area contributed by atoms with Gasteiger partial charge in [0.1, 0.15) is 6.54 Å². The van der Waals surface area contributed by atoms with Crippen LogP contribution in [0.3, 0.4) is 0 Å². The van der Waals surface area contributed by atoms with E-state index in [0.717, 1.165) is 15.9 Å². The SMILES string of the molecule is CCc1nn(CC(F)(F)F)cc1C. The number of rotatable bonds is 2. The quantitative estimate of drug-likeness (QED) is 0.703. The van der Waals surface area contributed by atoms with Gasteiger partial charge < -0.3 is 0 Å². The van der Waals surface area contributed by atoms with Gasteiger partial charge in [0.25, 0.3) is 0 Å². The fraction of sp³-hybridized carbons (Fsp3) is 0.625. The molecule has 74 valence electrons. The summed E-state index contributed by atoms with van der Waals surface area (Å²) in [5.41, 5.74) is 1.54. The van der Waals surface area contributed by atoms with Gasteiger partial charge in [-0.1, -0.05) is 6.92 Å². The van der Waals surface area contributed by atoms with Gasteiger partial charge in [-0.3, -0.25) is 4.68 Å². The second kappa shape index (κ2) is 3.40. The van der Waals surface area contributed by atoms with Crippen molar-refractivity contribution in [1.29, 1.82) is 0 Å². The molecular weight excluding hydrogens is 181 g/mol.